The molecule has 0 aromatic carbocycles. The lowest BCUT2D eigenvalue weighted by Gasteiger charge is -2.34. The molecule has 1 saturated heterocycles. The molecule has 0 aliphatic carbocycles. The zero-order valence-corrected chi connectivity index (χ0v) is 13.5. The van der Waals surface area contributed by atoms with Crippen LogP contribution in [0.2, 0.25) is 0 Å². The third-order valence-electron chi connectivity index (χ3n) is 4.57. The van der Waals surface area contributed by atoms with Crippen LogP contribution in [0.15, 0.2) is 12.4 Å². The lowest BCUT2D eigenvalue weighted by molar-refractivity contribution is 0.0690. The van der Waals surface area contributed by atoms with Gasteiger partial charge in [-0.25, -0.2) is 14.8 Å². The number of hydrogen-bond acceptors (Lipinski definition) is 5. The summed E-state index contributed by atoms with van der Waals surface area (Å²) in [5, 5.41) is 12.2. The summed E-state index contributed by atoms with van der Waals surface area (Å²) in [6, 6.07) is 0.499. The number of carboxylic acid groups (broad SMARTS) is 1. The Morgan fingerprint density at radius 1 is 1.27 bits per heavy atom. The number of aromatic carboxylic acids is 1. The van der Waals surface area contributed by atoms with E-state index in [0.29, 0.717) is 17.8 Å². The van der Waals surface area contributed by atoms with E-state index in [-0.39, 0.29) is 5.69 Å². The summed E-state index contributed by atoms with van der Waals surface area (Å²) >= 11 is 0. The minimum Gasteiger partial charge on any atom is -0.476 e. The van der Waals surface area contributed by atoms with Crippen LogP contribution in [0, 0.1) is 5.92 Å². The van der Waals surface area contributed by atoms with E-state index in [4.69, 9.17) is 5.11 Å². The number of aromatic nitrogens is 2. The van der Waals surface area contributed by atoms with Crippen molar-refractivity contribution in [2.24, 2.45) is 5.92 Å². The lowest BCUT2D eigenvalue weighted by Crippen LogP contribution is -2.43. The van der Waals surface area contributed by atoms with E-state index in [9.17, 15) is 4.79 Å². The van der Waals surface area contributed by atoms with E-state index in [1.165, 1.54) is 51.2 Å². The topological polar surface area (TPSA) is 78.3 Å². The van der Waals surface area contributed by atoms with Gasteiger partial charge in [0.1, 0.15) is 5.82 Å². The summed E-state index contributed by atoms with van der Waals surface area (Å²) in [5.41, 5.74) is -0.0263. The first-order valence-corrected chi connectivity index (χ1v) is 8.19. The van der Waals surface area contributed by atoms with Crippen LogP contribution < -0.4 is 5.32 Å². The second-order valence-electron chi connectivity index (χ2n) is 5.86. The van der Waals surface area contributed by atoms with Crippen molar-refractivity contribution in [3.05, 3.63) is 18.1 Å². The van der Waals surface area contributed by atoms with Gasteiger partial charge in [-0.05, 0) is 31.8 Å². The summed E-state index contributed by atoms with van der Waals surface area (Å²) in [4.78, 5) is 21.4. The normalized spacial score (nSPS) is 16.9. The van der Waals surface area contributed by atoms with Crippen LogP contribution in [0.1, 0.15) is 50.0 Å². The minimum atomic E-state index is -1.05. The van der Waals surface area contributed by atoms with Crippen LogP contribution in [-0.2, 0) is 0 Å². The summed E-state index contributed by atoms with van der Waals surface area (Å²) in [6.45, 7) is 7.67. The van der Waals surface area contributed by atoms with Crippen molar-refractivity contribution in [2.75, 3.05) is 25.0 Å². The molecule has 1 aromatic heterocycles. The largest absolute Gasteiger partial charge is 0.476 e. The number of likely N-dealkylation sites (tertiary alicyclic amines) is 1. The molecule has 6 nitrogen and oxygen atoms in total. The molecule has 0 radical (unpaired) electrons. The van der Waals surface area contributed by atoms with Crippen LogP contribution in [0.3, 0.4) is 0 Å². The predicted octanol–water partition coefficient (Wildman–Crippen LogP) is 2.49. The molecule has 2 heterocycles. The first-order chi connectivity index (χ1) is 10.7. The van der Waals surface area contributed by atoms with Crippen LogP contribution in [-0.4, -0.2) is 51.6 Å². The van der Waals surface area contributed by atoms with E-state index in [0.717, 1.165) is 6.54 Å². The molecule has 2 N–H and O–H groups in total. The molecule has 1 atom stereocenters. The Kier molecular flexibility index (Phi) is 6.12. The molecule has 0 spiro atoms. The summed E-state index contributed by atoms with van der Waals surface area (Å²) in [7, 11) is 0. The number of carboxylic acids is 1. The maximum Gasteiger partial charge on any atom is 0.356 e. The van der Waals surface area contributed by atoms with Gasteiger partial charge in [0, 0.05) is 12.6 Å². The molecule has 1 aliphatic rings. The van der Waals surface area contributed by atoms with Crippen molar-refractivity contribution in [1.82, 2.24) is 14.9 Å². The maximum atomic E-state index is 10.8. The van der Waals surface area contributed by atoms with Gasteiger partial charge in [0.15, 0.2) is 5.69 Å². The fourth-order valence-corrected chi connectivity index (χ4v) is 3.24. The maximum absolute atomic E-state index is 10.8. The fraction of sp³-hybridized carbons (Fsp3) is 0.688. The van der Waals surface area contributed by atoms with Crippen molar-refractivity contribution >= 4 is 11.8 Å². The van der Waals surface area contributed by atoms with E-state index < -0.39 is 5.97 Å². The van der Waals surface area contributed by atoms with Crippen LogP contribution in [0.4, 0.5) is 5.82 Å². The van der Waals surface area contributed by atoms with Crippen molar-refractivity contribution in [3.8, 4) is 0 Å². The van der Waals surface area contributed by atoms with Gasteiger partial charge in [0.05, 0.1) is 12.4 Å². The Bertz CT molecular complexity index is 466. The van der Waals surface area contributed by atoms with E-state index >= 15 is 0 Å². The molecule has 1 fully saturated rings. The zero-order valence-electron chi connectivity index (χ0n) is 13.5. The molecule has 122 valence electrons. The Morgan fingerprint density at radius 3 is 2.45 bits per heavy atom. The summed E-state index contributed by atoms with van der Waals surface area (Å²) < 4.78 is 0. The van der Waals surface area contributed by atoms with Gasteiger partial charge in [-0.1, -0.05) is 26.7 Å². The van der Waals surface area contributed by atoms with Crippen molar-refractivity contribution in [2.45, 2.75) is 45.6 Å². The van der Waals surface area contributed by atoms with Gasteiger partial charge in [-0.15, -0.1) is 0 Å². The number of carbonyl (C=O) groups is 1. The molecule has 6 heteroatoms. The lowest BCUT2D eigenvalue weighted by atomic mass is 9.93. The number of nitrogens with one attached hydrogen (secondary N) is 1. The first-order valence-electron chi connectivity index (χ1n) is 8.19. The Hall–Kier alpha value is -1.69. The molecule has 22 heavy (non-hydrogen) atoms. The number of hydrogen-bond donors (Lipinski definition) is 2. The zero-order chi connectivity index (χ0) is 15.9. The highest BCUT2D eigenvalue weighted by Crippen LogP contribution is 2.23. The van der Waals surface area contributed by atoms with Gasteiger partial charge in [0.2, 0.25) is 0 Å². The predicted molar refractivity (Wildman–Crippen MR) is 86.1 cm³/mol. The van der Waals surface area contributed by atoms with Gasteiger partial charge in [-0.3, -0.25) is 4.90 Å². The molecule has 0 bridgehead atoms. The average molecular weight is 306 g/mol. The number of rotatable bonds is 8. The van der Waals surface area contributed by atoms with E-state index in [2.05, 4.69) is 34.0 Å². The molecule has 1 aromatic rings. The smallest absolute Gasteiger partial charge is 0.356 e. The molecule has 1 unspecified atom stereocenters. The molecule has 0 saturated carbocycles. The third-order valence-corrected chi connectivity index (χ3v) is 4.57. The van der Waals surface area contributed by atoms with Crippen LogP contribution >= 0.6 is 0 Å². The Labute approximate surface area is 132 Å². The first kappa shape index (κ1) is 16.7. The highest BCUT2D eigenvalue weighted by atomic mass is 16.4. The van der Waals surface area contributed by atoms with Crippen molar-refractivity contribution < 1.29 is 9.90 Å². The van der Waals surface area contributed by atoms with Gasteiger partial charge >= 0.3 is 5.97 Å². The second kappa shape index (κ2) is 8.08. The number of nitrogens with zero attached hydrogens (tertiary/aromatic N) is 3. The van der Waals surface area contributed by atoms with Crippen LogP contribution in [0.5, 0.6) is 0 Å². The highest BCUT2D eigenvalue weighted by molar-refractivity contribution is 5.84. The van der Waals surface area contributed by atoms with E-state index in [1.54, 1.807) is 0 Å². The van der Waals surface area contributed by atoms with Gasteiger partial charge in [-0.2, -0.15) is 0 Å². The molecule has 2 rings (SSSR count). The fourth-order valence-electron chi connectivity index (χ4n) is 3.24. The Morgan fingerprint density at radius 2 is 1.95 bits per heavy atom. The SMILES string of the molecule is CCC(CC)C(CNc1cnc(C(=O)O)cn1)N1CCCC1. The third kappa shape index (κ3) is 4.16. The minimum absolute atomic E-state index is 0.0263. The van der Waals surface area contributed by atoms with Gasteiger partial charge < -0.3 is 10.4 Å². The standard InChI is InChI=1S/C16H26N4O2/c1-3-12(4-2)14(20-7-5-6-8-20)10-19-15-11-17-13(9-18-15)16(21)22/h9,11-12,14H,3-8,10H2,1-2H3,(H,18,19)(H,21,22). The molecule has 0 amide bonds. The van der Waals surface area contributed by atoms with Crippen molar-refractivity contribution in [3.63, 3.8) is 0 Å². The number of anilines is 1. The second-order valence-corrected chi connectivity index (χ2v) is 5.86. The van der Waals surface area contributed by atoms with E-state index in [1.807, 2.05) is 0 Å². The highest BCUT2D eigenvalue weighted by Gasteiger charge is 2.27. The monoisotopic (exact) mass is 306 g/mol. The quantitative estimate of drug-likeness (QED) is 0.768. The molecular weight excluding hydrogens is 280 g/mol. The summed E-state index contributed by atoms with van der Waals surface area (Å²) in [6.07, 6.45) is 7.70. The molecule has 1 aliphatic heterocycles. The Balaban J connectivity index is 1.99. The summed E-state index contributed by atoms with van der Waals surface area (Å²) in [5.74, 6) is 0.253. The van der Waals surface area contributed by atoms with Crippen LogP contribution in [0.25, 0.3) is 0 Å². The van der Waals surface area contributed by atoms with Gasteiger partial charge in [0.25, 0.3) is 0 Å². The van der Waals surface area contributed by atoms with Crippen molar-refractivity contribution in [1.29, 1.82) is 0 Å². The average Bonchev–Trinajstić information content (AvgIpc) is 3.06. The molecular formula is C16H26N4O2.